The van der Waals surface area contributed by atoms with Gasteiger partial charge in [-0.15, -0.1) is 0 Å². The maximum atomic E-state index is 13.5. The molecule has 0 saturated heterocycles. The second kappa shape index (κ2) is 7.51. The standard InChI is InChI=1S/C25H28N2O2/c1-16(2)15-27-24(28)22(20-12-11-17(3)18(4)14-20)23(25(27)29)26-13-7-9-19-8-5-6-10-21(19)26/h5-6,8,10-12,14,16H,7,9,13,15H2,1-4H3. The van der Waals surface area contributed by atoms with Gasteiger partial charge < -0.3 is 4.90 Å². The number of hydrogen-bond donors (Lipinski definition) is 0. The van der Waals surface area contributed by atoms with Crippen LogP contribution in [0.25, 0.3) is 5.57 Å². The number of para-hydroxylation sites is 1. The molecule has 0 aromatic heterocycles. The first-order valence-electron chi connectivity index (χ1n) is 10.4. The SMILES string of the molecule is Cc1ccc(C2=C(N3CCCc4ccccc43)C(=O)N(CC(C)C)C2=O)cc1C. The van der Waals surface area contributed by atoms with Crippen molar-refractivity contribution in [3.63, 3.8) is 0 Å². The summed E-state index contributed by atoms with van der Waals surface area (Å²) < 4.78 is 0. The highest BCUT2D eigenvalue weighted by Crippen LogP contribution is 2.38. The predicted molar refractivity (Wildman–Crippen MR) is 117 cm³/mol. The van der Waals surface area contributed by atoms with Crippen LogP contribution < -0.4 is 4.90 Å². The number of carbonyl (C=O) groups excluding carboxylic acids is 2. The summed E-state index contributed by atoms with van der Waals surface area (Å²) in [6, 6.07) is 14.2. The molecule has 0 radical (unpaired) electrons. The van der Waals surface area contributed by atoms with Crippen LogP contribution in [0, 0.1) is 19.8 Å². The highest BCUT2D eigenvalue weighted by atomic mass is 16.2. The highest BCUT2D eigenvalue weighted by molar-refractivity contribution is 6.36. The van der Waals surface area contributed by atoms with Crippen molar-refractivity contribution < 1.29 is 9.59 Å². The van der Waals surface area contributed by atoms with E-state index >= 15 is 0 Å². The van der Waals surface area contributed by atoms with Gasteiger partial charge in [-0.3, -0.25) is 14.5 Å². The van der Waals surface area contributed by atoms with Crippen molar-refractivity contribution in [2.45, 2.75) is 40.5 Å². The average molecular weight is 389 g/mol. The van der Waals surface area contributed by atoms with Crippen molar-refractivity contribution in [1.82, 2.24) is 4.90 Å². The van der Waals surface area contributed by atoms with Crippen LogP contribution in [0.3, 0.4) is 0 Å². The van der Waals surface area contributed by atoms with Gasteiger partial charge in [-0.1, -0.05) is 50.2 Å². The normalized spacial score (nSPS) is 16.9. The minimum absolute atomic E-state index is 0.173. The van der Waals surface area contributed by atoms with E-state index in [1.807, 2.05) is 51.1 Å². The molecule has 0 bridgehead atoms. The monoisotopic (exact) mass is 388 g/mol. The molecule has 4 heteroatoms. The van der Waals surface area contributed by atoms with Gasteiger partial charge in [0, 0.05) is 18.8 Å². The third kappa shape index (κ3) is 3.37. The molecule has 150 valence electrons. The van der Waals surface area contributed by atoms with Crippen molar-refractivity contribution in [1.29, 1.82) is 0 Å². The van der Waals surface area contributed by atoms with Crippen LogP contribution in [0.5, 0.6) is 0 Å². The van der Waals surface area contributed by atoms with Crippen LogP contribution in [0.2, 0.25) is 0 Å². The molecule has 2 aliphatic rings. The number of rotatable bonds is 4. The Morgan fingerprint density at radius 1 is 0.966 bits per heavy atom. The van der Waals surface area contributed by atoms with E-state index in [4.69, 9.17) is 0 Å². The lowest BCUT2D eigenvalue weighted by Gasteiger charge is -2.32. The van der Waals surface area contributed by atoms with Crippen LogP contribution in [-0.4, -0.2) is 29.8 Å². The largest absolute Gasteiger partial charge is 0.336 e. The van der Waals surface area contributed by atoms with Crippen molar-refractivity contribution in [3.05, 3.63) is 70.4 Å². The Hall–Kier alpha value is -2.88. The maximum Gasteiger partial charge on any atom is 0.278 e. The van der Waals surface area contributed by atoms with Crippen LogP contribution in [0.15, 0.2) is 48.2 Å². The average Bonchev–Trinajstić information content (AvgIpc) is 2.94. The van der Waals surface area contributed by atoms with E-state index in [0.29, 0.717) is 17.8 Å². The molecule has 2 aliphatic heterocycles. The lowest BCUT2D eigenvalue weighted by Crippen LogP contribution is -2.38. The second-order valence-corrected chi connectivity index (χ2v) is 8.52. The zero-order valence-electron chi connectivity index (χ0n) is 17.7. The maximum absolute atomic E-state index is 13.5. The summed E-state index contributed by atoms with van der Waals surface area (Å²) in [4.78, 5) is 30.4. The van der Waals surface area contributed by atoms with E-state index in [1.54, 1.807) is 0 Å². The second-order valence-electron chi connectivity index (χ2n) is 8.52. The lowest BCUT2D eigenvalue weighted by atomic mass is 9.97. The first-order valence-corrected chi connectivity index (χ1v) is 10.4. The number of nitrogens with zero attached hydrogens (tertiary/aromatic N) is 2. The first-order chi connectivity index (χ1) is 13.9. The van der Waals surface area contributed by atoms with Crippen LogP contribution in [0.1, 0.15) is 42.5 Å². The Bertz CT molecular complexity index is 1020. The number of anilines is 1. The zero-order valence-corrected chi connectivity index (χ0v) is 17.7. The zero-order chi connectivity index (χ0) is 20.7. The van der Waals surface area contributed by atoms with E-state index in [2.05, 4.69) is 24.0 Å². The van der Waals surface area contributed by atoms with Gasteiger partial charge in [-0.25, -0.2) is 0 Å². The Labute approximate surface area is 172 Å². The number of hydrogen-bond acceptors (Lipinski definition) is 3. The summed E-state index contributed by atoms with van der Waals surface area (Å²) in [5.74, 6) is -0.129. The fourth-order valence-electron chi connectivity index (χ4n) is 4.27. The van der Waals surface area contributed by atoms with Gasteiger partial charge in [0.1, 0.15) is 5.70 Å². The summed E-state index contributed by atoms with van der Waals surface area (Å²) in [6.45, 7) is 9.35. The Morgan fingerprint density at radius 2 is 1.72 bits per heavy atom. The summed E-state index contributed by atoms with van der Waals surface area (Å²) in [5.41, 5.74) is 6.47. The van der Waals surface area contributed by atoms with E-state index < -0.39 is 0 Å². The minimum atomic E-state index is -0.176. The topological polar surface area (TPSA) is 40.6 Å². The molecular weight excluding hydrogens is 360 g/mol. The summed E-state index contributed by atoms with van der Waals surface area (Å²) in [7, 11) is 0. The Balaban J connectivity index is 1.90. The van der Waals surface area contributed by atoms with E-state index in [1.165, 1.54) is 16.0 Å². The fraction of sp³-hybridized carbons (Fsp3) is 0.360. The van der Waals surface area contributed by atoms with Gasteiger partial charge in [0.15, 0.2) is 0 Å². The molecule has 2 aromatic rings. The van der Waals surface area contributed by atoms with Gasteiger partial charge in [0.25, 0.3) is 11.8 Å². The molecule has 4 rings (SSSR count). The fourth-order valence-corrected chi connectivity index (χ4v) is 4.27. The quantitative estimate of drug-likeness (QED) is 0.725. The van der Waals surface area contributed by atoms with Crippen molar-refractivity contribution in [3.8, 4) is 0 Å². The molecule has 4 nitrogen and oxygen atoms in total. The molecule has 0 saturated carbocycles. The van der Waals surface area contributed by atoms with Crippen molar-refractivity contribution in [2.75, 3.05) is 18.0 Å². The highest BCUT2D eigenvalue weighted by Gasteiger charge is 2.42. The lowest BCUT2D eigenvalue weighted by molar-refractivity contribution is -0.137. The smallest absolute Gasteiger partial charge is 0.278 e. The molecule has 2 amide bonds. The van der Waals surface area contributed by atoms with Gasteiger partial charge in [-0.05, 0) is 60.9 Å². The predicted octanol–water partition coefficient (Wildman–Crippen LogP) is 4.49. The van der Waals surface area contributed by atoms with Crippen molar-refractivity contribution in [2.24, 2.45) is 5.92 Å². The van der Waals surface area contributed by atoms with Crippen molar-refractivity contribution >= 4 is 23.1 Å². The number of fused-ring (bicyclic) bond motifs is 1. The van der Waals surface area contributed by atoms with Gasteiger partial charge >= 0.3 is 0 Å². The molecule has 2 heterocycles. The Morgan fingerprint density at radius 3 is 2.45 bits per heavy atom. The van der Waals surface area contributed by atoms with E-state index in [-0.39, 0.29) is 17.7 Å². The number of amides is 2. The molecule has 0 atom stereocenters. The third-order valence-electron chi connectivity index (χ3n) is 5.87. The molecule has 0 spiro atoms. The molecule has 0 aliphatic carbocycles. The van der Waals surface area contributed by atoms with Crippen LogP contribution in [0.4, 0.5) is 5.69 Å². The molecule has 2 aromatic carbocycles. The van der Waals surface area contributed by atoms with E-state index in [0.717, 1.165) is 36.2 Å². The Kier molecular flexibility index (Phi) is 5.03. The molecular formula is C25H28N2O2. The molecule has 0 fully saturated rings. The summed E-state index contributed by atoms with van der Waals surface area (Å²) >= 11 is 0. The van der Waals surface area contributed by atoms with Gasteiger partial charge in [-0.2, -0.15) is 0 Å². The minimum Gasteiger partial charge on any atom is -0.336 e. The summed E-state index contributed by atoms with van der Waals surface area (Å²) in [6.07, 6.45) is 1.96. The number of benzene rings is 2. The van der Waals surface area contributed by atoms with Gasteiger partial charge in [0.2, 0.25) is 0 Å². The number of imide groups is 1. The third-order valence-corrected chi connectivity index (χ3v) is 5.87. The summed E-state index contributed by atoms with van der Waals surface area (Å²) in [5, 5.41) is 0. The molecule has 29 heavy (non-hydrogen) atoms. The number of carbonyl (C=O) groups is 2. The van der Waals surface area contributed by atoms with Gasteiger partial charge in [0.05, 0.1) is 5.57 Å². The molecule has 0 N–H and O–H groups in total. The van der Waals surface area contributed by atoms with Crippen LogP contribution >= 0.6 is 0 Å². The molecule has 0 unspecified atom stereocenters. The van der Waals surface area contributed by atoms with E-state index in [9.17, 15) is 9.59 Å². The number of aryl methyl sites for hydroxylation is 3. The van der Waals surface area contributed by atoms with Crippen LogP contribution in [-0.2, 0) is 16.0 Å². The first kappa shape index (κ1) is 19.4.